The van der Waals surface area contributed by atoms with E-state index in [0.29, 0.717) is 4.47 Å². The number of hydrogen-bond acceptors (Lipinski definition) is 2. The van der Waals surface area contributed by atoms with Crippen LogP contribution in [0, 0.1) is 5.82 Å². The molecule has 0 aliphatic heterocycles. The third-order valence-electron chi connectivity index (χ3n) is 2.39. The molecule has 2 nitrogen and oxygen atoms in total. The van der Waals surface area contributed by atoms with Gasteiger partial charge >= 0.3 is 0 Å². The fraction of sp³-hybridized carbons (Fsp3) is 0.364. The maximum absolute atomic E-state index is 13.6. The van der Waals surface area contributed by atoms with Crippen LogP contribution in [0.4, 0.5) is 4.39 Å². The first-order chi connectivity index (χ1) is 6.90. The molecular weight excluding hydrogens is 261 g/mol. The Hall–Kier alpha value is -0.740. The quantitative estimate of drug-likeness (QED) is 0.859. The second-order valence-corrected chi connectivity index (χ2v) is 4.66. The average molecular weight is 274 g/mol. The van der Waals surface area contributed by atoms with E-state index >= 15 is 0 Å². The van der Waals surface area contributed by atoms with Crippen molar-refractivity contribution in [2.45, 2.75) is 19.4 Å². The summed E-state index contributed by atoms with van der Waals surface area (Å²) in [7, 11) is 1.67. The molecule has 4 heteroatoms. The molecule has 0 radical (unpaired) electrons. The second-order valence-electron chi connectivity index (χ2n) is 3.81. The molecular formula is C11H13BrFNO. The van der Waals surface area contributed by atoms with Gasteiger partial charge in [0.05, 0.1) is 15.6 Å². The Balaban J connectivity index is 3.18. The van der Waals surface area contributed by atoms with Gasteiger partial charge in [-0.2, -0.15) is 0 Å². The summed E-state index contributed by atoms with van der Waals surface area (Å²) in [5.41, 5.74) is -0.662. The molecule has 1 N–H and O–H groups in total. The van der Waals surface area contributed by atoms with Crippen LogP contribution < -0.4 is 5.32 Å². The third-order valence-corrected chi connectivity index (χ3v) is 3.00. The smallest absolute Gasteiger partial charge is 0.185 e. The number of likely N-dealkylation sites (N-methyl/N-ethyl adjacent to an activating group) is 1. The van der Waals surface area contributed by atoms with Gasteiger partial charge in [-0.05, 0) is 49.0 Å². The Morgan fingerprint density at radius 1 is 1.47 bits per heavy atom. The van der Waals surface area contributed by atoms with Gasteiger partial charge in [0.25, 0.3) is 0 Å². The molecule has 15 heavy (non-hydrogen) atoms. The number of benzene rings is 1. The number of rotatable bonds is 3. The largest absolute Gasteiger partial charge is 0.308 e. The zero-order chi connectivity index (χ0) is 11.6. The summed E-state index contributed by atoms with van der Waals surface area (Å²) in [5.74, 6) is -0.769. The standard InChI is InChI=1S/C11H13BrFNO/c1-11(2,14-3)10(15)7-5-4-6-8(12)9(7)13/h4-6,14H,1-3H3. The molecule has 0 aromatic heterocycles. The average Bonchev–Trinajstić information content (AvgIpc) is 2.21. The molecule has 0 saturated carbocycles. The Morgan fingerprint density at radius 2 is 2.07 bits per heavy atom. The van der Waals surface area contributed by atoms with E-state index in [-0.39, 0.29) is 11.3 Å². The van der Waals surface area contributed by atoms with Crippen molar-refractivity contribution in [3.63, 3.8) is 0 Å². The highest BCUT2D eigenvalue weighted by molar-refractivity contribution is 9.10. The van der Waals surface area contributed by atoms with E-state index in [2.05, 4.69) is 21.2 Å². The number of Topliss-reactive ketones (excluding diaryl/α,β-unsaturated/α-hetero) is 1. The van der Waals surface area contributed by atoms with Gasteiger partial charge in [0.1, 0.15) is 5.82 Å². The van der Waals surface area contributed by atoms with Crippen molar-refractivity contribution in [1.82, 2.24) is 5.32 Å². The normalized spacial score (nSPS) is 11.5. The summed E-state index contributed by atoms with van der Waals surface area (Å²) in [6.07, 6.45) is 0. The van der Waals surface area contributed by atoms with Gasteiger partial charge in [0, 0.05) is 0 Å². The van der Waals surface area contributed by atoms with E-state index in [1.54, 1.807) is 33.0 Å². The Labute approximate surface area is 97.0 Å². The molecule has 1 aromatic rings. The molecule has 0 saturated heterocycles. The van der Waals surface area contributed by atoms with E-state index in [1.807, 2.05) is 0 Å². The topological polar surface area (TPSA) is 29.1 Å². The van der Waals surface area contributed by atoms with Crippen LogP contribution in [-0.2, 0) is 0 Å². The van der Waals surface area contributed by atoms with Crippen LogP contribution in [0.2, 0.25) is 0 Å². The highest BCUT2D eigenvalue weighted by Gasteiger charge is 2.28. The number of hydrogen-bond donors (Lipinski definition) is 1. The number of ketones is 1. The molecule has 82 valence electrons. The monoisotopic (exact) mass is 273 g/mol. The van der Waals surface area contributed by atoms with Gasteiger partial charge in [-0.25, -0.2) is 4.39 Å². The molecule has 0 heterocycles. The maximum Gasteiger partial charge on any atom is 0.185 e. The van der Waals surface area contributed by atoms with Crippen LogP contribution >= 0.6 is 15.9 Å². The Morgan fingerprint density at radius 3 is 2.60 bits per heavy atom. The van der Waals surface area contributed by atoms with Crippen LogP contribution in [0.25, 0.3) is 0 Å². The first-order valence-electron chi connectivity index (χ1n) is 4.58. The lowest BCUT2D eigenvalue weighted by Gasteiger charge is -2.22. The van der Waals surface area contributed by atoms with E-state index in [9.17, 15) is 9.18 Å². The molecule has 0 atom stereocenters. The number of carbonyl (C=O) groups excluding carboxylic acids is 1. The van der Waals surface area contributed by atoms with Crippen LogP contribution in [0.1, 0.15) is 24.2 Å². The fourth-order valence-corrected chi connectivity index (χ4v) is 1.50. The van der Waals surface area contributed by atoms with E-state index in [1.165, 1.54) is 6.07 Å². The molecule has 0 unspecified atom stereocenters. The first kappa shape index (κ1) is 12.3. The summed E-state index contributed by atoms with van der Waals surface area (Å²) in [6.45, 7) is 3.44. The number of carbonyl (C=O) groups is 1. The lowest BCUT2D eigenvalue weighted by molar-refractivity contribution is 0.0885. The lowest BCUT2D eigenvalue weighted by Crippen LogP contribution is -2.44. The van der Waals surface area contributed by atoms with Crippen molar-refractivity contribution in [3.8, 4) is 0 Å². The number of nitrogens with one attached hydrogen (secondary N) is 1. The molecule has 0 bridgehead atoms. The van der Waals surface area contributed by atoms with Gasteiger partial charge in [0.2, 0.25) is 0 Å². The number of halogens is 2. The van der Waals surface area contributed by atoms with Crippen LogP contribution in [0.3, 0.4) is 0 Å². The van der Waals surface area contributed by atoms with Gasteiger partial charge in [-0.15, -0.1) is 0 Å². The summed E-state index contributed by atoms with van der Waals surface area (Å²) in [5, 5.41) is 2.85. The minimum Gasteiger partial charge on any atom is -0.308 e. The van der Waals surface area contributed by atoms with E-state index < -0.39 is 11.4 Å². The van der Waals surface area contributed by atoms with E-state index in [4.69, 9.17) is 0 Å². The van der Waals surface area contributed by atoms with Crippen molar-refractivity contribution in [2.24, 2.45) is 0 Å². The summed E-state index contributed by atoms with van der Waals surface area (Å²) < 4.78 is 13.9. The van der Waals surface area contributed by atoms with Crippen LogP contribution in [0.15, 0.2) is 22.7 Å². The molecule has 0 spiro atoms. The predicted octanol–water partition coefficient (Wildman–Crippen LogP) is 2.77. The lowest BCUT2D eigenvalue weighted by atomic mass is 9.93. The van der Waals surface area contributed by atoms with Crippen molar-refractivity contribution < 1.29 is 9.18 Å². The molecule has 1 aromatic carbocycles. The first-order valence-corrected chi connectivity index (χ1v) is 5.37. The molecule has 1 rings (SSSR count). The Kier molecular flexibility index (Phi) is 3.62. The van der Waals surface area contributed by atoms with Gasteiger partial charge < -0.3 is 5.32 Å². The second kappa shape index (κ2) is 4.41. The molecule has 0 aliphatic rings. The molecule has 0 amide bonds. The minimum absolute atomic E-state index is 0.101. The maximum atomic E-state index is 13.6. The molecule has 0 aliphatic carbocycles. The van der Waals surface area contributed by atoms with Crippen molar-refractivity contribution in [3.05, 3.63) is 34.1 Å². The minimum atomic E-state index is -0.762. The zero-order valence-electron chi connectivity index (χ0n) is 8.90. The summed E-state index contributed by atoms with van der Waals surface area (Å²) in [6, 6.07) is 4.70. The highest BCUT2D eigenvalue weighted by atomic mass is 79.9. The van der Waals surface area contributed by atoms with Gasteiger partial charge in [-0.3, -0.25) is 4.79 Å². The molecule has 0 fully saturated rings. The van der Waals surface area contributed by atoms with Crippen molar-refractivity contribution in [2.75, 3.05) is 7.05 Å². The highest BCUT2D eigenvalue weighted by Crippen LogP contribution is 2.22. The predicted molar refractivity (Wildman–Crippen MR) is 61.6 cm³/mol. The van der Waals surface area contributed by atoms with Crippen molar-refractivity contribution in [1.29, 1.82) is 0 Å². The zero-order valence-corrected chi connectivity index (χ0v) is 10.5. The Bertz CT molecular complexity index is 390. The third kappa shape index (κ3) is 2.44. The SMILES string of the molecule is CNC(C)(C)C(=O)c1cccc(Br)c1F. The van der Waals surface area contributed by atoms with Crippen LogP contribution in [-0.4, -0.2) is 18.4 Å². The van der Waals surface area contributed by atoms with Gasteiger partial charge in [-0.1, -0.05) is 6.07 Å². The fourth-order valence-electron chi connectivity index (χ4n) is 1.13. The van der Waals surface area contributed by atoms with Gasteiger partial charge in [0.15, 0.2) is 5.78 Å². The van der Waals surface area contributed by atoms with Crippen LogP contribution in [0.5, 0.6) is 0 Å². The summed E-state index contributed by atoms with van der Waals surface area (Å²) in [4.78, 5) is 11.9. The van der Waals surface area contributed by atoms with E-state index in [0.717, 1.165) is 0 Å². The van der Waals surface area contributed by atoms with Crippen molar-refractivity contribution >= 4 is 21.7 Å². The summed E-state index contributed by atoms with van der Waals surface area (Å²) >= 11 is 3.06.